The molecule has 1 aromatic rings. The number of anilines is 1. The Morgan fingerprint density at radius 3 is 2.48 bits per heavy atom. The van der Waals surface area contributed by atoms with E-state index in [1.807, 2.05) is 13.0 Å². The third-order valence-corrected chi connectivity index (χ3v) is 7.22. The SMILES string of the molecule is CCN1CCN(CCCCNC(=O)c2ccc3c(c2)CC(C)N3S(C)(=O)=O)CC1. The average Bonchev–Trinajstić information content (AvgIpc) is 3.03. The number of rotatable bonds is 8. The predicted octanol–water partition coefficient (Wildman–Crippen LogP) is 1.54. The Balaban J connectivity index is 1.43. The average molecular weight is 423 g/mol. The molecule has 0 bridgehead atoms. The first-order valence-electron chi connectivity index (χ1n) is 10.6. The third-order valence-electron chi connectivity index (χ3n) is 5.95. The molecule has 0 aliphatic carbocycles. The van der Waals surface area contributed by atoms with Crippen LogP contribution < -0.4 is 9.62 Å². The number of likely N-dealkylation sites (N-methyl/N-ethyl adjacent to an activating group) is 1. The standard InChI is InChI=1S/C21H34N4O3S/c1-4-23-11-13-24(14-12-23)10-6-5-9-22-21(26)18-7-8-20-19(16-18)15-17(2)25(20)29(3,27)28/h7-8,16-17H,4-6,9-15H2,1-3H3,(H,22,26). The Kier molecular flexibility index (Phi) is 7.19. The summed E-state index contributed by atoms with van der Waals surface area (Å²) in [5, 5.41) is 3.00. The molecule has 0 saturated carbocycles. The molecule has 3 rings (SSSR count). The molecule has 2 aliphatic rings. The molecule has 29 heavy (non-hydrogen) atoms. The van der Waals surface area contributed by atoms with Crippen LogP contribution >= 0.6 is 0 Å². The second kappa shape index (κ2) is 9.45. The number of nitrogens with zero attached hydrogens (tertiary/aromatic N) is 3. The lowest BCUT2D eigenvalue weighted by molar-refractivity contribution is 0.0951. The highest BCUT2D eigenvalue weighted by atomic mass is 32.2. The fraction of sp³-hybridized carbons (Fsp3) is 0.667. The molecule has 0 radical (unpaired) electrons. The van der Waals surface area contributed by atoms with Gasteiger partial charge in [-0.15, -0.1) is 0 Å². The Hall–Kier alpha value is -1.64. The smallest absolute Gasteiger partial charge is 0.251 e. The van der Waals surface area contributed by atoms with Crippen molar-refractivity contribution in [3.05, 3.63) is 29.3 Å². The first-order valence-corrected chi connectivity index (χ1v) is 12.5. The van der Waals surface area contributed by atoms with Gasteiger partial charge in [-0.1, -0.05) is 6.92 Å². The lowest BCUT2D eigenvalue weighted by Gasteiger charge is -2.33. The maximum atomic E-state index is 12.5. The van der Waals surface area contributed by atoms with Gasteiger partial charge in [-0.3, -0.25) is 9.10 Å². The van der Waals surface area contributed by atoms with Crippen LogP contribution in [0.15, 0.2) is 18.2 Å². The zero-order valence-electron chi connectivity index (χ0n) is 17.9. The van der Waals surface area contributed by atoms with Gasteiger partial charge in [0.2, 0.25) is 10.0 Å². The number of unbranched alkanes of at least 4 members (excludes halogenated alkanes) is 1. The van der Waals surface area contributed by atoms with Gasteiger partial charge in [-0.25, -0.2) is 8.42 Å². The van der Waals surface area contributed by atoms with Gasteiger partial charge in [0.25, 0.3) is 5.91 Å². The highest BCUT2D eigenvalue weighted by Crippen LogP contribution is 2.34. The number of piperazine rings is 1. The lowest BCUT2D eigenvalue weighted by Crippen LogP contribution is -2.46. The first-order chi connectivity index (χ1) is 13.8. The maximum absolute atomic E-state index is 12.5. The summed E-state index contributed by atoms with van der Waals surface area (Å²) in [4.78, 5) is 17.5. The summed E-state index contributed by atoms with van der Waals surface area (Å²) in [6, 6.07) is 5.19. The number of hydrogen-bond acceptors (Lipinski definition) is 5. The van der Waals surface area contributed by atoms with Crippen LogP contribution in [0.4, 0.5) is 5.69 Å². The number of hydrogen-bond donors (Lipinski definition) is 1. The van der Waals surface area contributed by atoms with E-state index in [0.29, 0.717) is 24.2 Å². The molecular formula is C21H34N4O3S. The van der Waals surface area contributed by atoms with E-state index < -0.39 is 10.0 Å². The second-order valence-electron chi connectivity index (χ2n) is 8.19. The summed E-state index contributed by atoms with van der Waals surface area (Å²) >= 11 is 0. The van der Waals surface area contributed by atoms with Crippen LogP contribution in [0.2, 0.25) is 0 Å². The van der Waals surface area contributed by atoms with E-state index >= 15 is 0 Å². The zero-order chi connectivity index (χ0) is 21.0. The minimum atomic E-state index is -3.31. The van der Waals surface area contributed by atoms with Crippen molar-refractivity contribution in [2.45, 2.75) is 39.2 Å². The van der Waals surface area contributed by atoms with E-state index in [1.54, 1.807) is 12.1 Å². The number of carbonyl (C=O) groups is 1. The van der Waals surface area contributed by atoms with E-state index in [2.05, 4.69) is 22.0 Å². The molecule has 1 fully saturated rings. The maximum Gasteiger partial charge on any atom is 0.251 e. The molecule has 1 aromatic carbocycles. The molecule has 0 aromatic heterocycles. The third kappa shape index (κ3) is 5.49. The molecule has 0 spiro atoms. The topological polar surface area (TPSA) is 73.0 Å². The second-order valence-corrected chi connectivity index (χ2v) is 10.1. The lowest BCUT2D eigenvalue weighted by atomic mass is 10.1. The number of carbonyl (C=O) groups excluding carboxylic acids is 1. The number of sulfonamides is 1. The molecule has 162 valence electrons. The molecule has 7 nitrogen and oxygen atoms in total. The van der Waals surface area contributed by atoms with Crippen molar-refractivity contribution in [1.82, 2.24) is 15.1 Å². The van der Waals surface area contributed by atoms with Crippen molar-refractivity contribution >= 4 is 21.6 Å². The Labute approximate surface area is 175 Å². The molecule has 1 saturated heterocycles. The minimum absolute atomic E-state index is 0.0881. The highest BCUT2D eigenvalue weighted by molar-refractivity contribution is 7.92. The monoisotopic (exact) mass is 422 g/mol. The van der Waals surface area contributed by atoms with Crippen molar-refractivity contribution in [3.8, 4) is 0 Å². The Morgan fingerprint density at radius 1 is 1.14 bits per heavy atom. The molecule has 1 atom stereocenters. The largest absolute Gasteiger partial charge is 0.352 e. The van der Waals surface area contributed by atoms with Crippen molar-refractivity contribution in [3.63, 3.8) is 0 Å². The van der Waals surface area contributed by atoms with Crippen LogP contribution in [-0.4, -0.2) is 82.2 Å². The quantitative estimate of drug-likeness (QED) is 0.644. The van der Waals surface area contributed by atoms with Crippen molar-refractivity contribution < 1.29 is 13.2 Å². The molecule has 2 heterocycles. The number of amides is 1. The summed E-state index contributed by atoms with van der Waals surface area (Å²) in [7, 11) is -3.31. The van der Waals surface area contributed by atoms with Gasteiger partial charge >= 0.3 is 0 Å². The van der Waals surface area contributed by atoms with Crippen LogP contribution in [0, 0.1) is 0 Å². The van der Waals surface area contributed by atoms with Crippen molar-refractivity contribution in [2.75, 3.05) is 56.4 Å². The fourth-order valence-electron chi connectivity index (χ4n) is 4.34. The first kappa shape index (κ1) is 22.1. The highest BCUT2D eigenvalue weighted by Gasteiger charge is 2.32. The number of benzene rings is 1. The van der Waals surface area contributed by atoms with Crippen LogP contribution in [0.1, 0.15) is 42.6 Å². The van der Waals surface area contributed by atoms with Gasteiger partial charge in [0.1, 0.15) is 0 Å². The number of fused-ring (bicyclic) bond motifs is 1. The van der Waals surface area contributed by atoms with Crippen molar-refractivity contribution in [1.29, 1.82) is 0 Å². The van der Waals surface area contributed by atoms with Crippen LogP contribution in [0.5, 0.6) is 0 Å². The van der Waals surface area contributed by atoms with Gasteiger partial charge in [-0.05, 0) is 63.0 Å². The van der Waals surface area contributed by atoms with Gasteiger partial charge in [0, 0.05) is 44.3 Å². The van der Waals surface area contributed by atoms with Gasteiger partial charge in [-0.2, -0.15) is 0 Å². The Bertz CT molecular complexity index is 819. The van der Waals surface area contributed by atoms with Crippen LogP contribution in [-0.2, 0) is 16.4 Å². The van der Waals surface area contributed by atoms with Crippen LogP contribution in [0.25, 0.3) is 0 Å². The molecule has 1 amide bonds. The summed E-state index contributed by atoms with van der Waals surface area (Å²) < 4.78 is 25.5. The molecule has 2 aliphatic heterocycles. The van der Waals surface area contributed by atoms with Gasteiger partial charge in [0.15, 0.2) is 0 Å². The van der Waals surface area contributed by atoms with E-state index in [-0.39, 0.29) is 11.9 Å². The summed E-state index contributed by atoms with van der Waals surface area (Å²) in [6.45, 7) is 11.6. The van der Waals surface area contributed by atoms with Gasteiger partial charge in [0.05, 0.1) is 11.9 Å². The predicted molar refractivity (Wildman–Crippen MR) is 117 cm³/mol. The summed E-state index contributed by atoms with van der Waals surface area (Å²) in [5.41, 5.74) is 2.21. The Morgan fingerprint density at radius 2 is 1.83 bits per heavy atom. The van der Waals surface area contributed by atoms with Gasteiger partial charge < -0.3 is 15.1 Å². The van der Waals surface area contributed by atoms with Crippen LogP contribution in [0.3, 0.4) is 0 Å². The molecule has 1 unspecified atom stereocenters. The minimum Gasteiger partial charge on any atom is -0.352 e. The molecule has 8 heteroatoms. The number of nitrogens with one attached hydrogen (secondary N) is 1. The zero-order valence-corrected chi connectivity index (χ0v) is 18.7. The normalized spacial score (nSPS) is 20.7. The van der Waals surface area contributed by atoms with Crippen molar-refractivity contribution in [2.24, 2.45) is 0 Å². The van der Waals surface area contributed by atoms with E-state index in [9.17, 15) is 13.2 Å². The fourth-order valence-corrected chi connectivity index (χ4v) is 5.61. The van der Waals surface area contributed by atoms with E-state index in [0.717, 1.165) is 57.7 Å². The molecular weight excluding hydrogens is 388 g/mol. The summed E-state index contributed by atoms with van der Waals surface area (Å²) in [6.07, 6.45) is 3.90. The summed E-state index contributed by atoms with van der Waals surface area (Å²) in [5.74, 6) is -0.0881. The molecule has 1 N–H and O–H groups in total. The van der Waals surface area contributed by atoms with E-state index in [4.69, 9.17) is 0 Å². The van der Waals surface area contributed by atoms with E-state index in [1.165, 1.54) is 10.6 Å².